The van der Waals surface area contributed by atoms with Crippen LogP contribution in [0.4, 0.5) is 19.0 Å². The molecule has 2 aromatic rings. The molecule has 0 saturated carbocycles. The summed E-state index contributed by atoms with van der Waals surface area (Å²) < 4.78 is 39.4. The summed E-state index contributed by atoms with van der Waals surface area (Å²) in [5.74, 6) is -0.552. The zero-order valence-corrected chi connectivity index (χ0v) is 11.0. The van der Waals surface area contributed by atoms with Crippen LogP contribution in [0.1, 0.15) is 18.7 Å². The predicted octanol–water partition coefficient (Wildman–Crippen LogP) is 1.08. The van der Waals surface area contributed by atoms with Gasteiger partial charge in [-0.3, -0.25) is 0 Å². The van der Waals surface area contributed by atoms with E-state index in [-0.39, 0.29) is 5.65 Å². The molecular formula is C12H13F3N6. The molecule has 2 atom stereocenters. The van der Waals surface area contributed by atoms with Gasteiger partial charge >= 0.3 is 6.18 Å². The fourth-order valence-corrected chi connectivity index (χ4v) is 3.11. The molecule has 0 amide bonds. The molecule has 2 saturated heterocycles. The zero-order chi connectivity index (χ0) is 14.6. The highest BCUT2D eigenvalue weighted by molar-refractivity contribution is 5.47. The zero-order valence-electron chi connectivity index (χ0n) is 11.0. The molecule has 2 aromatic heterocycles. The first-order valence-corrected chi connectivity index (χ1v) is 6.81. The van der Waals surface area contributed by atoms with Gasteiger partial charge in [-0.1, -0.05) is 0 Å². The number of piperazine rings is 1. The monoisotopic (exact) mass is 298 g/mol. The van der Waals surface area contributed by atoms with Crippen molar-refractivity contribution in [3.05, 3.63) is 18.0 Å². The Bertz CT molecular complexity index is 669. The summed E-state index contributed by atoms with van der Waals surface area (Å²) in [7, 11) is 0. The topological polar surface area (TPSA) is 58.4 Å². The Hall–Kier alpha value is -1.90. The van der Waals surface area contributed by atoms with Gasteiger partial charge in [-0.15, -0.1) is 15.3 Å². The van der Waals surface area contributed by atoms with E-state index in [1.54, 1.807) is 6.07 Å². The van der Waals surface area contributed by atoms with Crippen molar-refractivity contribution in [2.45, 2.75) is 31.1 Å². The lowest BCUT2D eigenvalue weighted by Crippen LogP contribution is -2.51. The number of nitrogens with zero attached hydrogens (tertiary/aromatic N) is 5. The second-order valence-electron chi connectivity index (χ2n) is 5.53. The summed E-state index contributed by atoms with van der Waals surface area (Å²) in [5.41, 5.74) is 0.101. The van der Waals surface area contributed by atoms with Crippen LogP contribution >= 0.6 is 0 Å². The lowest BCUT2D eigenvalue weighted by Gasteiger charge is -2.33. The lowest BCUT2D eigenvalue weighted by atomic mass is 10.2. The van der Waals surface area contributed by atoms with Crippen LogP contribution in [0, 0.1) is 0 Å². The van der Waals surface area contributed by atoms with Crippen molar-refractivity contribution in [3.8, 4) is 0 Å². The number of anilines is 1. The summed E-state index contributed by atoms with van der Waals surface area (Å²) >= 11 is 0. The van der Waals surface area contributed by atoms with Crippen LogP contribution < -0.4 is 10.2 Å². The number of aromatic nitrogens is 4. The molecule has 1 N–H and O–H groups in total. The van der Waals surface area contributed by atoms with Crippen LogP contribution in [0.5, 0.6) is 0 Å². The van der Waals surface area contributed by atoms with E-state index in [0.717, 1.165) is 30.4 Å². The number of nitrogens with one attached hydrogen (secondary N) is 1. The fourth-order valence-electron chi connectivity index (χ4n) is 3.11. The molecule has 0 spiro atoms. The molecule has 0 aliphatic carbocycles. The number of rotatable bonds is 1. The molecule has 2 fully saturated rings. The van der Waals surface area contributed by atoms with Gasteiger partial charge in [-0.2, -0.15) is 17.7 Å². The van der Waals surface area contributed by atoms with Gasteiger partial charge in [0.05, 0.1) is 0 Å². The van der Waals surface area contributed by atoms with Crippen molar-refractivity contribution in [2.24, 2.45) is 0 Å². The highest BCUT2D eigenvalue weighted by atomic mass is 19.4. The van der Waals surface area contributed by atoms with Crippen molar-refractivity contribution >= 4 is 11.5 Å². The minimum Gasteiger partial charge on any atom is -0.352 e. The van der Waals surface area contributed by atoms with Crippen LogP contribution in [0.2, 0.25) is 0 Å². The highest BCUT2D eigenvalue weighted by Crippen LogP contribution is 2.29. The van der Waals surface area contributed by atoms with Crippen molar-refractivity contribution in [1.82, 2.24) is 25.1 Å². The van der Waals surface area contributed by atoms with Crippen molar-refractivity contribution in [1.29, 1.82) is 0 Å². The average Bonchev–Trinajstić information content (AvgIpc) is 3.00. The second-order valence-corrected chi connectivity index (χ2v) is 5.53. The van der Waals surface area contributed by atoms with Gasteiger partial charge in [0.25, 0.3) is 5.82 Å². The first-order valence-electron chi connectivity index (χ1n) is 6.81. The van der Waals surface area contributed by atoms with Crippen LogP contribution in [-0.4, -0.2) is 45.0 Å². The number of hydrogen-bond donors (Lipinski definition) is 1. The van der Waals surface area contributed by atoms with Gasteiger partial charge in [0.15, 0.2) is 5.65 Å². The van der Waals surface area contributed by atoms with E-state index in [2.05, 4.69) is 20.6 Å². The van der Waals surface area contributed by atoms with E-state index in [9.17, 15) is 13.2 Å². The van der Waals surface area contributed by atoms with E-state index in [4.69, 9.17) is 0 Å². The summed E-state index contributed by atoms with van der Waals surface area (Å²) in [4.78, 5) is 2.03. The molecule has 0 aromatic carbocycles. The van der Waals surface area contributed by atoms with Gasteiger partial charge in [-0.05, 0) is 25.0 Å². The van der Waals surface area contributed by atoms with Crippen LogP contribution in [0.15, 0.2) is 12.1 Å². The smallest absolute Gasteiger partial charge is 0.352 e. The molecule has 4 heterocycles. The molecular weight excluding hydrogens is 285 g/mol. The maximum Gasteiger partial charge on any atom is 0.453 e. The third-order valence-corrected chi connectivity index (χ3v) is 4.04. The maximum atomic E-state index is 12.9. The van der Waals surface area contributed by atoms with E-state index in [1.807, 2.05) is 4.90 Å². The number of fused-ring (bicyclic) bond motifs is 3. The molecule has 9 heteroatoms. The normalized spacial score (nSPS) is 25.8. The van der Waals surface area contributed by atoms with Crippen LogP contribution in [0.25, 0.3) is 5.65 Å². The summed E-state index contributed by atoms with van der Waals surface area (Å²) in [6, 6.07) is 4.01. The lowest BCUT2D eigenvalue weighted by molar-refractivity contribution is -0.146. The van der Waals surface area contributed by atoms with Gasteiger partial charge in [0, 0.05) is 25.2 Å². The van der Waals surface area contributed by atoms with E-state index >= 15 is 0 Å². The molecule has 2 bridgehead atoms. The summed E-state index contributed by atoms with van der Waals surface area (Å²) in [6.07, 6.45) is -2.36. The SMILES string of the molecule is FC(F)(F)c1nnc2ccc(N3C[C@H]4CC[C@@H](C3)N4)nn12. The van der Waals surface area contributed by atoms with Crippen LogP contribution in [-0.2, 0) is 6.18 Å². The number of halogens is 3. The molecule has 2 aliphatic rings. The minimum absolute atomic E-state index is 0.101. The van der Waals surface area contributed by atoms with E-state index < -0.39 is 12.0 Å². The van der Waals surface area contributed by atoms with Crippen LogP contribution in [0.3, 0.4) is 0 Å². The molecule has 4 rings (SSSR count). The molecule has 6 nitrogen and oxygen atoms in total. The number of alkyl halides is 3. The maximum absolute atomic E-state index is 12.9. The first-order chi connectivity index (χ1) is 10.0. The van der Waals surface area contributed by atoms with E-state index in [0.29, 0.717) is 17.9 Å². The Morgan fingerprint density at radius 3 is 2.48 bits per heavy atom. The van der Waals surface area contributed by atoms with Gasteiger partial charge in [-0.25, -0.2) is 0 Å². The van der Waals surface area contributed by atoms with E-state index in [1.165, 1.54) is 6.07 Å². The largest absolute Gasteiger partial charge is 0.453 e. The molecule has 112 valence electrons. The predicted molar refractivity (Wildman–Crippen MR) is 67.9 cm³/mol. The van der Waals surface area contributed by atoms with Gasteiger partial charge in [0.1, 0.15) is 5.82 Å². The molecule has 0 unspecified atom stereocenters. The first kappa shape index (κ1) is 12.8. The second kappa shape index (κ2) is 4.30. The highest BCUT2D eigenvalue weighted by Gasteiger charge is 2.38. The number of hydrogen-bond acceptors (Lipinski definition) is 5. The minimum atomic E-state index is -4.56. The fraction of sp³-hybridized carbons (Fsp3) is 0.583. The third kappa shape index (κ3) is 2.11. The Balaban J connectivity index is 1.73. The van der Waals surface area contributed by atoms with Crippen molar-refractivity contribution in [3.63, 3.8) is 0 Å². The standard InChI is InChI=1S/C12H13F3N6/c13-12(14,15)11-18-17-9-3-4-10(19-21(9)11)20-5-7-1-2-8(6-20)16-7/h3-4,7-8,16H,1-2,5-6H2/t7-,8+. The summed E-state index contributed by atoms with van der Waals surface area (Å²) in [5, 5.41) is 14.3. The third-order valence-electron chi connectivity index (χ3n) is 4.04. The Kier molecular flexibility index (Phi) is 2.62. The Morgan fingerprint density at radius 1 is 1.10 bits per heavy atom. The summed E-state index contributed by atoms with van der Waals surface area (Å²) in [6.45, 7) is 1.52. The van der Waals surface area contributed by atoms with Gasteiger partial charge < -0.3 is 10.2 Å². The van der Waals surface area contributed by atoms with Gasteiger partial charge in [0.2, 0.25) is 0 Å². The van der Waals surface area contributed by atoms with Crippen molar-refractivity contribution in [2.75, 3.05) is 18.0 Å². The quantitative estimate of drug-likeness (QED) is 0.854. The Labute approximate surface area is 117 Å². The molecule has 21 heavy (non-hydrogen) atoms. The average molecular weight is 298 g/mol. The Morgan fingerprint density at radius 2 is 1.81 bits per heavy atom. The van der Waals surface area contributed by atoms with Crippen molar-refractivity contribution < 1.29 is 13.2 Å². The molecule has 0 radical (unpaired) electrons. The molecule has 2 aliphatic heterocycles.